The van der Waals surface area contributed by atoms with Crippen LogP contribution in [0.5, 0.6) is 17.2 Å². The third-order valence-electron chi connectivity index (χ3n) is 6.76. The molecule has 1 heterocycles. The lowest BCUT2D eigenvalue weighted by Crippen LogP contribution is -2.38. The highest BCUT2D eigenvalue weighted by Crippen LogP contribution is 2.42. The van der Waals surface area contributed by atoms with Crippen LogP contribution in [0.4, 0.5) is 0 Å². The minimum Gasteiger partial charge on any atom is -0.507 e. The Morgan fingerprint density at radius 1 is 1.00 bits per heavy atom. The minimum absolute atomic E-state index is 0.0283. The number of ether oxygens (including phenoxy) is 3. The number of ketones is 1. The first-order chi connectivity index (χ1) is 18.8. The molecule has 39 heavy (non-hydrogen) atoms. The van der Waals surface area contributed by atoms with Crippen molar-refractivity contribution in [1.82, 2.24) is 9.80 Å². The summed E-state index contributed by atoms with van der Waals surface area (Å²) in [5.41, 5.74) is 1.85. The quantitative estimate of drug-likeness (QED) is 0.160. The molecular formula is C31H38N2O6. The molecule has 0 saturated carbocycles. The smallest absolute Gasteiger partial charge is 0.295 e. The molecule has 1 N–H and O–H groups in total. The summed E-state index contributed by atoms with van der Waals surface area (Å²) in [5.74, 6) is -0.0271. The third kappa shape index (κ3) is 6.52. The highest BCUT2D eigenvalue weighted by Gasteiger charge is 2.46. The van der Waals surface area contributed by atoms with Crippen molar-refractivity contribution in [2.75, 3.05) is 46.5 Å². The molecule has 1 atom stereocenters. The summed E-state index contributed by atoms with van der Waals surface area (Å²) in [4.78, 5) is 30.5. The van der Waals surface area contributed by atoms with E-state index in [1.165, 1.54) is 12.0 Å². The molecule has 1 saturated heterocycles. The summed E-state index contributed by atoms with van der Waals surface area (Å²) in [7, 11) is 1.52. The van der Waals surface area contributed by atoms with Gasteiger partial charge in [0, 0.05) is 18.7 Å². The highest BCUT2D eigenvalue weighted by atomic mass is 16.5. The Balaban J connectivity index is 2.13. The number of aliphatic hydroxyl groups is 1. The number of carbonyl (C=O) groups is 2. The Bertz CT molecular complexity index is 1250. The van der Waals surface area contributed by atoms with Gasteiger partial charge in [0.25, 0.3) is 11.7 Å². The van der Waals surface area contributed by atoms with Crippen molar-refractivity contribution in [3.8, 4) is 17.2 Å². The van der Waals surface area contributed by atoms with Crippen LogP contribution >= 0.6 is 0 Å². The van der Waals surface area contributed by atoms with Crippen molar-refractivity contribution in [3.05, 3.63) is 84.0 Å². The Morgan fingerprint density at radius 2 is 1.64 bits per heavy atom. The van der Waals surface area contributed by atoms with E-state index in [-0.39, 0.29) is 11.3 Å². The van der Waals surface area contributed by atoms with Gasteiger partial charge in [-0.2, -0.15) is 0 Å². The van der Waals surface area contributed by atoms with Gasteiger partial charge in [0.05, 0.1) is 18.7 Å². The molecule has 0 bridgehead atoms. The SMILES string of the molecule is C=CCOc1ccc(/C(O)=C2\C(=O)C(=O)N(CCN(CC)CC)C2c2ccc(OCC=C)c(OC)c2)cc1C. The van der Waals surface area contributed by atoms with E-state index in [9.17, 15) is 14.7 Å². The van der Waals surface area contributed by atoms with Crippen LogP contribution in [0.25, 0.3) is 5.76 Å². The highest BCUT2D eigenvalue weighted by molar-refractivity contribution is 6.46. The molecule has 3 rings (SSSR count). The monoisotopic (exact) mass is 534 g/mol. The number of nitrogens with zero attached hydrogens (tertiary/aromatic N) is 2. The normalized spacial score (nSPS) is 16.4. The average molecular weight is 535 g/mol. The molecule has 1 amide bonds. The van der Waals surface area contributed by atoms with Gasteiger partial charge in [-0.1, -0.05) is 45.2 Å². The number of aliphatic hydroxyl groups excluding tert-OH is 1. The number of methoxy groups -OCH3 is 1. The fourth-order valence-corrected chi connectivity index (χ4v) is 4.63. The number of hydrogen-bond acceptors (Lipinski definition) is 7. The van der Waals surface area contributed by atoms with Crippen LogP contribution in [0.1, 0.15) is 36.6 Å². The van der Waals surface area contributed by atoms with Crippen LogP contribution in [-0.4, -0.2) is 73.1 Å². The van der Waals surface area contributed by atoms with Gasteiger partial charge < -0.3 is 29.1 Å². The molecular weight excluding hydrogens is 496 g/mol. The molecule has 1 fully saturated rings. The van der Waals surface area contributed by atoms with E-state index in [1.807, 2.05) is 20.8 Å². The van der Waals surface area contributed by atoms with Gasteiger partial charge >= 0.3 is 0 Å². The molecule has 1 aliphatic rings. The molecule has 2 aromatic rings. The number of hydrogen-bond donors (Lipinski definition) is 1. The summed E-state index contributed by atoms with van der Waals surface area (Å²) in [6.07, 6.45) is 3.28. The van der Waals surface area contributed by atoms with E-state index in [1.54, 1.807) is 48.6 Å². The van der Waals surface area contributed by atoms with Crippen molar-refractivity contribution < 1.29 is 28.9 Å². The summed E-state index contributed by atoms with van der Waals surface area (Å²) in [6, 6.07) is 9.59. The van der Waals surface area contributed by atoms with Gasteiger partial charge in [0.15, 0.2) is 11.5 Å². The Labute approximate surface area is 230 Å². The fraction of sp³-hybridized carbons (Fsp3) is 0.355. The summed E-state index contributed by atoms with van der Waals surface area (Å²) >= 11 is 0. The first kappa shape index (κ1) is 29.5. The lowest BCUT2D eigenvalue weighted by Gasteiger charge is -2.28. The summed E-state index contributed by atoms with van der Waals surface area (Å²) in [5, 5.41) is 11.5. The topological polar surface area (TPSA) is 88.5 Å². The maximum Gasteiger partial charge on any atom is 0.295 e. The standard InChI is InChI=1S/C31H38N2O6/c1-7-17-38-24-13-12-23(19-21(24)5)29(34)27-28(22-11-14-25(39-18-8-2)26(20-22)37-6)33(31(36)30(27)35)16-15-32(9-3)10-4/h7-8,11-14,19-20,28,34H,1-2,9-10,15-18H2,3-6H3/b29-27+. The van der Waals surface area contributed by atoms with Crippen LogP contribution in [-0.2, 0) is 9.59 Å². The fourth-order valence-electron chi connectivity index (χ4n) is 4.63. The molecule has 8 heteroatoms. The van der Waals surface area contributed by atoms with E-state index < -0.39 is 17.7 Å². The molecule has 0 radical (unpaired) electrons. The van der Waals surface area contributed by atoms with Crippen molar-refractivity contribution >= 4 is 17.4 Å². The first-order valence-corrected chi connectivity index (χ1v) is 13.1. The second-order valence-electron chi connectivity index (χ2n) is 9.11. The minimum atomic E-state index is -0.806. The molecule has 0 aromatic heterocycles. The number of likely N-dealkylation sites (N-methyl/N-ethyl adjacent to an activating group) is 1. The van der Waals surface area contributed by atoms with Crippen LogP contribution in [0.3, 0.4) is 0 Å². The molecule has 0 spiro atoms. The van der Waals surface area contributed by atoms with E-state index >= 15 is 0 Å². The second-order valence-corrected chi connectivity index (χ2v) is 9.11. The summed E-state index contributed by atoms with van der Waals surface area (Å²) < 4.78 is 16.9. The van der Waals surface area contributed by atoms with Crippen molar-refractivity contribution in [1.29, 1.82) is 0 Å². The van der Waals surface area contributed by atoms with Crippen LogP contribution in [0, 0.1) is 6.92 Å². The number of likely N-dealkylation sites (tertiary alicyclic amines) is 1. The van der Waals surface area contributed by atoms with Crippen LogP contribution < -0.4 is 14.2 Å². The predicted molar refractivity (Wildman–Crippen MR) is 152 cm³/mol. The van der Waals surface area contributed by atoms with E-state index in [0.29, 0.717) is 54.7 Å². The van der Waals surface area contributed by atoms with Crippen molar-refractivity contribution in [2.24, 2.45) is 0 Å². The molecule has 1 unspecified atom stereocenters. The Kier molecular flexibility index (Phi) is 10.3. The zero-order valence-corrected chi connectivity index (χ0v) is 23.2. The van der Waals surface area contributed by atoms with Gasteiger partial charge in [-0.3, -0.25) is 9.59 Å². The molecule has 208 valence electrons. The lowest BCUT2D eigenvalue weighted by atomic mass is 9.94. The number of Topliss-reactive ketones (excluding diaryl/α,β-unsaturated/α-hetero) is 1. The van der Waals surface area contributed by atoms with Crippen molar-refractivity contribution in [3.63, 3.8) is 0 Å². The van der Waals surface area contributed by atoms with Crippen LogP contribution in [0.2, 0.25) is 0 Å². The van der Waals surface area contributed by atoms with Crippen LogP contribution in [0.15, 0.2) is 67.3 Å². The van der Waals surface area contributed by atoms with E-state index in [0.717, 1.165) is 18.7 Å². The number of carbonyl (C=O) groups excluding carboxylic acids is 2. The van der Waals surface area contributed by atoms with Gasteiger partial charge in [-0.25, -0.2) is 0 Å². The maximum atomic E-state index is 13.4. The number of rotatable bonds is 14. The first-order valence-electron chi connectivity index (χ1n) is 13.1. The largest absolute Gasteiger partial charge is 0.507 e. The molecule has 0 aliphatic carbocycles. The molecule has 1 aliphatic heterocycles. The van der Waals surface area contributed by atoms with Gasteiger partial charge in [0.2, 0.25) is 0 Å². The third-order valence-corrected chi connectivity index (χ3v) is 6.76. The van der Waals surface area contributed by atoms with E-state index in [4.69, 9.17) is 14.2 Å². The number of benzene rings is 2. The van der Waals surface area contributed by atoms with Crippen molar-refractivity contribution in [2.45, 2.75) is 26.8 Å². The Hall–Kier alpha value is -4.04. The summed E-state index contributed by atoms with van der Waals surface area (Å²) in [6.45, 7) is 16.5. The molecule has 2 aromatic carbocycles. The van der Waals surface area contributed by atoms with Gasteiger partial charge in [-0.05, 0) is 61.5 Å². The maximum absolute atomic E-state index is 13.4. The zero-order chi connectivity index (χ0) is 28.5. The zero-order valence-electron chi connectivity index (χ0n) is 23.2. The number of amides is 1. The second kappa shape index (κ2) is 13.7. The Morgan fingerprint density at radius 3 is 2.23 bits per heavy atom. The number of aryl methyl sites for hydroxylation is 1. The average Bonchev–Trinajstić information content (AvgIpc) is 3.20. The predicted octanol–water partition coefficient (Wildman–Crippen LogP) is 4.90. The molecule has 8 nitrogen and oxygen atoms in total. The van der Waals surface area contributed by atoms with Gasteiger partial charge in [-0.15, -0.1) is 0 Å². The van der Waals surface area contributed by atoms with Gasteiger partial charge in [0.1, 0.15) is 24.7 Å². The van der Waals surface area contributed by atoms with E-state index in [2.05, 4.69) is 18.1 Å². The lowest BCUT2D eigenvalue weighted by molar-refractivity contribution is -0.140.